The van der Waals surface area contributed by atoms with Crippen LogP contribution in [-0.2, 0) is 9.59 Å². The average Bonchev–Trinajstić information content (AvgIpc) is 2.86. The topological polar surface area (TPSA) is 82.9 Å². The standard InChI is InChI=1S/C17H21FN4O2S/c1-10(17(2,3)4)21-22-16-20-15(24)13(25-16)9-14(23)19-12-7-5-11(18)6-8-12/h5-8,13H,9H2,1-4H3,(H,19,23)(H,20,22,24)/b21-10-/t13-/m1/s1. The van der Waals surface area contributed by atoms with Crippen molar-refractivity contribution in [3.63, 3.8) is 0 Å². The Hall–Kier alpha value is -2.22. The van der Waals surface area contributed by atoms with E-state index in [0.717, 1.165) is 5.71 Å². The number of nitrogens with zero attached hydrogens (tertiary/aromatic N) is 2. The van der Waals surface area contributed by atoms with E-state index in [2.05, 4.69) is 20.8 Å². The molecule has 25 heavy (non-hydrogen) atoms. The van der Waals surface area contributed by atoms with Crippen molar-refractivity contribution in [1.82, 2.24) is 5.32 Å². The lowest BCUT2D eigenvalue weighted by Crippen LogP contribution is -2.28. The molecule has 6 nitrogen and oxygen atoms in total. The van der Waals surface area contributed by atoms with Crippen LogP contribution in [0.5, 0.6) is 0 Å². The van der Waals surface area contributed by atoms with Crippen molar-refractivity contribution in [2.24, 2.45) is 15.6 Å². The SMILES string of the molecule is C/C(=N/N=C1\NC(=O)[C@@H](CC(=O)Nc2ccc(F)cc2)S1)C(C)(C)C. The molecule has 0 bridgehead atoms. The predicted molar refractivity (Wildman–Crippen MR) is 99.2 cm³/mol. The smallest absolute Gasteiger partial charge is 0.240 e. The van der Waals surface area contributed by atoms with E-state index in [1.807, 2.05) is 27.7 Å². The van der Waals surface area contributed by atoms with Crippen LogP contribution in [0.25, 0.3) is 0 Å². The number of benzene rings is 1. The van der Waals surface area contributed by atoms with E-state index in [-0.39, 0.29) is 29.5 Å². The fourth-order valence-electron chi connectivity index (χ4n) is 1.77. The summed E-state index contributed by atoms with van der Waals surface area (Å²) in [6.45, 7) is 7.94. The average molecular weight is 364 g/mol. The number of anilines is 1. The first-order valence-corrected chi connectivity index (χ1v) is 8.69. The molecule has 0 aliphatic carbocycles. The summed E-state index contributed by atoms with van der Waals surface area (Å²) in [5.41, 5.74) is 1.22. The van der Waals surface area contributed by atoms with Gasteiger partial charge in [0, 0.05) is 23.2 Å². The normalized spacial score (nSPS) is 19.9. The van der Waals surface area contributed by atoms with Crippen LogP contribution in [0, 0.1) is 11.2 Å². The summed E-state index contributed by atoms with van der Waals surface area (Å²) in [5, 5.41) is 13.3. The Morgan fingerprint density at radius 2 is 1.96 bits per heavy atom. The molecule has 0 saturated carbocycles. The fraction of sp³-hybridized carbons (Fsp3) is 0.412. The van der Waals surface area contributed by atoms with Gasteiger partial charge in [0.1, 0.15) is 11.1 Å². The molecule has 1 aliphatic heterocycles. The van der Waals surface area contributed by atoms with E-state index in [0.29, 0.717) is 10.9 Å². The van der Waals surface area contributed by atoms with Crippen LogP contribution in [0.2, 0.25) is 0 Å². The molecule has 1 atom stereocenters. The maximum Gasteiger partial charge on any atom is 0.240 e. The van der Waals surface area contributed by atoms with Gasteiger partial charge >= 0.3 is 0 Å². The predicted octanol–water partition coefficient (Wildman–Crippen LogP) is 3.16. The van der Waals surface area contributed by atoms with E-state index < -0.39 is 5.25 Å². The van der Waals surface area contributed by atoms with Crippen LogP contribution in [0.15, 0.2) is 34.5 Å². The minimum atomic E-state index is -0.565. The molecule has 0 spiro atoms. The van der Waals surface area contributed by atoms with Crippen molar-refractivity contribution in [2.75, 3.05) is 5.32 Å². The second-order valence-electron chi connectivity index (χ2n) is 6.70. The zero-order valence-corrected chi connectivity index (χ0v) is 15.4. The van der Waals surface area contributed by atoms with Crippen LogP contribution >= 0.6 is 11.8 Å². The maximum atomic E-state index is 12.9. The van der Waals surface area contributed by atoms with Crippen LogP contribution in [-0.4, -0.2) is 27.9 Å². The van der Waals surface area contributed by atoms with Crippen molar-refractivity contribution in [1.29, 1.82) is 0 Å². The Labute approximate surface area is 150 Å². The van der Waals surface area contributed by atoms with Gasteiger partial charge in [-0.05, 0) is 31.2 Å². The second-order valence-corrected chi connectivity index (χ2v) is 7.89. The fourth-order valence-corrected chi connectivity index (χ4v) is 2.69. The van der Waals surface area contributed by atoms with Crippen LogP contribution in [0.3, 0.4) is 0 Å². The highest BCUT2D eigenvalue weighted by atomic mass is 32.2. The molecule has 1 aromatic rings. The van der Waals surface area contributed by atoms with Crippen LogP contribution in [0.1, 0.15) is 34.1 Å². The molecule has 2 N–H and O–H groups in total. The van der Waals surface area contributed by atoms with Gasteiger partial charge in [-0.3, -0.25) is 9.59 Å². The van der Waals surface area contributed by atoms with Gasteiger partial charge in [0.2, 0.25) is 11.8 Å². The van der Waals surface area contributed by atoms with Crippen LogP contribution < -0.4 is 10.6 Å². The van der Waals surface area contributed by atoms with Crippen molar-refractivity contribution < 1.29 is 14.0 Å². The molecule has 1 aliphatic rings. The molecule has 1 fully saturated rings. The third-order valence-electron chi connectivity index (χ3n) is 3.65. The third-order valence-corrected chi connectivity index (χ3v) is 4.72. The van der Waals surface area contributed by atoms with Crippen molar-refractivity contribution in [3.8, 4) is 0 Å². The van der Waals surface area contributed by atoms with Crippen LogP contribution in [0.4, 0.5) is 10.1 Å². The number of rotatable bonds is 4. The van der Waals surface area contributed by atoms with Gasteiger partial charge < -0.3 is 10.6 Å². The third kappa shape index (κ3) is 5.67. The number of nitrogens with one attached hydrogen (secondary N) is 2. The highest BCUT2D eigenvalue weighted by Crippen LogP contribution is 2.24. The van der Waals surface area contributed by atoms with Crippen molar-refractivity contribution in [3.05, 3.63) is 30.1 Å². The Kier molecular flexibility index (Phi) is 5.94. The summed E-state index contributed by atoms with van der Waals surface area (Å²) in [5.74, 6) is -0.979. The lowest BCUT2D eigenvalue weighted by molar-refractivity contribution is -0.122. The highest BCUT2D eigenvalue weighted by Gasteiger charge is 2.32. The highest BCUT2D eigenvalue weighted by molar-refractivity contribution is 8.15. The number of halogens is 1. The van der Waals surface area contributed by atoms with Gasteiger partial charge in [-0.2, -0.15) is 5.10 Å². The molecule has 2 rings (SSSR count). The zero-order chi connectivity index (χ0) is 18.6. The Morgan fingerprint density at radius 3 is 2.56 bits per heavy atom. The summed E-state index contributed by atoms with van der Waals surface area (Å²) in [4.78, 5) is 24.0. The van der Waals surface area contributed by atoms with Gasteiger partial charge in [0.05, 0.1) is 0 Å². The minimum Gasteiger partial charge on any atom is -0.326 e. The van der Waals surface area contributed by atoms with Gasteiger partial charge in [0.15, 0.2) is 5.17 Å². The lowest BCUT2D eigenvalue weighted by Gasteiger charge is -2.16. The number of carbonyl (C=O) groups is 2. The maximum absolute atomic E-state index is 12.9. The van der Waals surface area contributed by atoms with Gasteiger partial charge in [-0.15, -0.1) is 5.10 Å². The first kappa shape index (κ1) is 19.1. The molecule has 2 amide bonds. The monoisotopic (exact) mass is 364 g/mol. The number of carbonyl (C=O) groups excluding carboxylic acids is 2. The second kappa shape index (κ2) is 7.77. The first-order valence-electron chi connectivity index (χ1n) is 7.81. The number of amides is 2. The van der Waals surface area contributed by atoms with Gasteiger partial charge in [0.25, 0.3) is 0 Å². The van der Waals surface area contributed by atoms with Crippen molar-refractivity contribution >= 4 is 40.1 Å². The molecular formula is C17H21FN4O2S. The number of amidine groups is 1. The summed E-state index contributed by atoms with van der Waals surface area (Å²) < 4.78 is 12.9. The minimum absolute atomic E-state index is 0.00510. The van der Waals surface area contributed by atoms with Gasteiger partial charge in [-0.25, -0.2) is 4.39 Å². The molecule has 0 radical (unpaired) electrons. The molecule has 1 heterocycles. The lowest BCUT2D eigenvalue weighted by atomic mass is 9.91. The molecular weight excluding hydrogens is 343 g/mol. The zero-order valence-electron chi connectivity index (χ0n) is 14.6. The van der Waals surface area contributed by atoms with E-state index in [9.17, 15) is 14.0 Å². The first-order chi connectivity index (χ1) is 11.6. The largest absolute Gasteiger partial charge is 0.326 e. The quantitative estimate of drug-likeness (QED) is 0.636. The molecule has 8 heteroatoms. The Bertz CT molecular complexity index is 723. The summed E-state index contributed by atoms with van der Waals surface area (Å²) in [6.07, 6.45) is -0.00510. The molecule has 1 saturated heterocycles. The van der Waals surface area contributed by atoms with E-state index in [1.54, 1.807) is 0 Å². The number of hydrogen-bond donors (Lipinski definition) is 2. The summed E-state index contributed by atoms with van der Waals surface area (Å²) in [7, 11) is 0. The van der Waals surface area contributed by atoms with Gasteiger partial charge in [-0.1, -0.05) is 32.5 Å². The molecule has 134 valence electrons. The van der Waals surface area contributed by atoms with E-state index in [1.165, 1.54) is 36.0 Å². The van der Waals surface area contributed by atoms with Crippen molar-refractivity contribution in [2.45, 2.75) is 39.4 Å². The van der Waals surface area contributed by atoms with E-state index >= 15 is 0 Å². The number of thioether (sulfide) groups is 1. The molecule has 0 aromatic heterocycles. The summed E-state index contributed by atoms with van der Waals surface area (Å²) in [6, 6.07) is 5.44. The van der Waals surface area contributed by atoms with E-state index in [4.69, 9.17) is 0 Å². The summed E-state index contributed by atoms with van der Waals surface area (Å²) >= 11 is 1.17. The molecule has 1 aromatic carbocycles. The Morgan fingerprint density at radius 1 is 1.32 bits per heavy atom. The molecule has 0 unspecified atom stereocenters. The Balaban J connectivity index is 1.94. The number of hydrogen-bond acceptors (Lipinski definition) is 5.